The van der Waals surface area contributed by atoms with Crippen LogP contribution in [0.15, 0.2) is 0 Å². The number of hydrogen-bond donors (Lipinski definition) is 2. The van der Waals surface area contributed by atoms with Gasteiger partial charge in [0.2, 0.25) is 0 Å². The highest BCUT2D eigenvalue weighted by Gasteiger charge is 2.26. The highest BCUT2D eigenvalue weighted by atomic mass is 16.5. The van der Waals surface area contributed by atoms with Crippen molar-refractivity contribution in [1.29, 1.82) is 0 Å². The molecule has 1 aromatic rings. The molecule has 0 saturated carbocycles. The van der Waals surface area contributed by atoms with Gasteiger partial charge in [-0.15, -0.1) is 0 Å². The van der Waals surface area contributed by atoms with Crippen molar-refractivity contribution in [3.05, 3.63) is 5.69 Å². The Morgan fingerprint density at radius 2 is 2.38 bits per heavy atom. The number of aromatic nitrogens is 2. The normalized spacial score (nSPS) is 24.9. The quantitative estimate of drug-likeness (QED) is 0.808. The first-order chi connectivity index (χ1) is 7.63. The average Bonchev–Trinajstić information content (AvgIpc) is 2.77. The van der Waals surface area contributed by atoms with Gasteiger partial charge in [-0.3, -0.25) is 4.68 Å². The minimum atomic E-state index is 0.236. The van der Waals surface area contributed by atoms with Gasteiger partial charge in [0.15, 0.2) is 0 Å². The Labute approximate surface area is 96.0 Å². The Bertz CT molecular complexity index is 374. The second kappa shape index (κ2) is 4.33. The molecule has 1 aliphatic heterocycles. The molecule has 2 atom stereocenters. The molecule has 5 nitrogen and oxygen atoms in total. The van der Waals surface area contributed by atoms with Crippen molar-refractivity contribution in [1.82, 2.24) is 9.78 Å². The van der Waals surface area contributed by atoms with Crippen molar-refractivity contribution in [3.63, 3.8) is 0 Å². The summed E-state index contributed by atoms with van der Waals surface area (Å²) in [5.41, 5.74) is 7.77. The first kappa shape index (κ1) is 11.3. The van der Waals surface area contributed by atoms with Gasteiger partial charge in [0.05, 0.1) is 23.5 Å². The van der Waals surface area contributed by atoms with Crippen molar-refractivity contribution in [2.75, 3.05) is 17.7 Å². The third kappa shape index (κ3) is 1.87. The van der Waals surface area contributed by atoms with Gasteiger partial charge in [0, 0.05) is 13.7 Å². The van der Waals surface area contributed by atoms with Gasteiger partial charge in [-0.2, -0.15) is 5.10 Å². The first-order valence-corrected chi connectivity index (χ1v) is 5.83. The number of nitrogens with zero attached hydrogens (tertiary/aromatic N) is 2. The van der Waals surface area contributed by atoms with E-state index in [1.54, 1.807) is 0 Å². The maximum Gasteiger partial charge on any atom is 0.148 e. The smallest absolute Gasteiger partial charge is 0.148 e. The highest BCUT2D eigenvalue weighted by molar-refractivity contribution is 5.65. The number of nitrogen functional groups attached to an aromatic ring is 1. The number of aryl methyl sites for hydroxylation is 2. The lowest BCUT2D eigenvalue weighted by Gasteiger charge is -2.17. The monoisotopic (exact) mass is 224 g/mol. The zero-order valence-electron chi connectivity index (χ0n) is 10.2. The fourth-order valence-corrected chi connectivity index (χ4v) is 2.13. The summed E-state index contributed by atoms with van der Waals surface area (Å²) in [4.78, 5) is 0. The van der Waals surface area contributed by atoms with E-state index in [0.29, 0.717) is 6.04 Å². The Morgan fingerprint density at radius 1 is 1.62 bits per heavy atom. The predicted octanol–water partition coefficient (Wildman–Crippen LogP) is 1.15. The summed E-state index contributed by atoms with van der Waals surface area (Å²) in [6.07, 6.45) is 2.12. The van der Waals surface area contributed by atoms with Crippen LogP contribution < -0.4 is 11.1 Å². The van der Waals surface area contributed by atoms with E-state index >= 15 is 0 Å². The first-order valence-electron chi connectivity index (χ1n) is 5.83. The third-order valence-electron chi connectivity index (χ3n) is 3.19. The third-order valence-corrected chi connectivity index (χ3v) is 3.19. The van der Waals surface area contributed by atoms with Crippen molar-refractivity contribution < 1.29 is 4.74 Å². The summed E-state index contributed by atoms with van der Waals surface area (Å²) in [5, 5.41) is 7.82. The summed E-state index contributed by atoms with van der Waals surface area (Å²) in [7, 11) is 1.92. The van der Waals surface area contributed by atoms with Crippen LogP contribution in [0, 0.1) is 0 Å². The second-order valence-corrected chi connectivity index (χ2v) is 4.30. The van der Waals surface area contributed by atoms with E-state index in [1.807, 2.05) is 11.7 Å². The predicted molar refractivity (Wildman–Crippen MR) is 64.4 cm³/mol. The fourth-order valence-electron chi connectivity index (χ4n) is 2.13. The number of anilines is 2. The van der Waals surface area contributed by atoms with Crippen molar-refractivity contribution in [3.8, 4) is 0 Å². The lowest BCUT2D eigenvalue weighted by molar-refractivity contribution is 0.121. The van der Waals surface area contributed by atoms with Gasteiger partial charge in [0.25, 0.3) is 0 Å². The topological polar surface area (TPSA) is 65.1 Å². The maximum atomic E-state index is 6.05. The van der Waals surface area contributed by atoms with Crippen LogP contribution in [0.3, 0.4) is 0 Å². The Balaban J connectivity index is 2.17. The average molecular weight is 224 g/mol. The van der Waals surface area contributed by atoms with Crippen molar-refractivity contribution in [2.45, 2.75) is 38.8 Å². The van der Waals surface area contributed by atoms with Crippen molar-refractivity contribution in [2.24, 2.45) is 7.05 Å². The van der Waals surface area contributed by atoms with Crippen LogP contribution in [-0.2, 0) is 18.2 Å². The van der Waals surface area contributed by atoms with E-state index in [2.05, 4.69) is 24.3 Å². The van der Waals surface area contributed by atoms with Gasteiger partial charge in [-0.05, 0) is 19.8 Å². The zero-order chi connectivity index (χ0) is 11.7. The fraction of sp³-hybridized carbons (Fsp3) is 0.727. The summed E-state index contributed by atoms with van der Waals surface area (Å²) in [6.45, 7) is 4.96. The van der Waals surface area contributed by atoms with Crippen LogP contribution in [0.4, 0.5) is 11.5 Å². The number of nitrogens with two attached hydrogens (primary N) is 1. The van der Waals surface area contributed by atoms with Crippen LogP contribution in [0.1, 0.15) is 26.0 Å². The highest BCUT2D eigenvalue weighted by Crippen LogP contribution is 2.26. The molecule has 0 bridgehead atoms. The second-order valence-electron chi connectivity index (χ2n) is 4.30. The number of rotatable bonds is 3. The van der Waals surface area contributed by atoms with Crippen LogP contribution in [0.5, 0.6) is 0 Å². The minimum Gasteiger partial charge on any atom is -0.394 e. The molecule has 2 rings (SSSR count). The summed E-state index contributed by atoms with van der Waals surface area (Å²) < 4.78 is 7.34. The van der Waals surface area contributed by atoms with Crippen LogP contribution >= 0.6 is 0 Å². The van der Waals surface area contributed by atoms with E-state index in [9.17, 15) is 0 Å². The Morgan fingerprint density at radius 3 is 2.88 bits per heavy atom. The molecule has 1 saturated heterocycles. The van der Waals surface area contributed by atoms with Gasteiger partial charge < -0.3 is 15.8 Å². The zero-order valence-corrected chi connectivity index (χ0v) is 10.2. The van der Waals surface area contributed by atoms with E-state index < -0.39 is 0 Å². The van der Waals surface area contributed by atoms with Gasteiger partial charge in [0.1, 0.15) is 5.82 Å². The van der Waals surface area contributed by atoms with E-state index in [4.69, 9.17) is 10.5 Å². The van der Waals surface area contributed by atoms with E-state index in [-0.39, 0.29) is 6.10 Å². The van der Waals surface area contributed by atoms with Gasteiger partial charge >= 0.3 is 0 Å². The van der Waals surface area contributed by atoms with Crippen LogP contribution in [0.25, 0.3) is 0 Å². The molecular formula is C11H20N4O. The van der Waals surface area contributed by atoms with Crippen LogP contribution in [-0.4, -0.2) is 28.5 Å². The summed E-state index contributed by atoms with van der Waals surface area (Å²) in [6, 6.07) is 0.336. The molecule has 1 aromatic heterocycles. The molecule has 2 heterocycles. The lowest BCUT2D eigenvalue weighted by Crippen LogP contribution is -2.28. The Kier molecular flexibility index (Phi) is 3.05. The largest absolute Gasteiger partial charge is 0.394 e. The van der Waals surface area contributed by atoms with Crippen LogP contribution in [0.2, 0.25) is 0 Å². The molecule has 0 radical (unpaired) electrons. The van der Waals surface area contributed by atoms with Crippen molar-refractivity contribution >= 4 is 11.5 Å². The maximum absolute atomic E-state index is 6.05. The summed E-state index contributed by atoms with van der Waals surface area (Å²) >= 11 is 0. The molecular weight excluding hydrogens is 204 g/mol. The SMILES string of the molecule is CCc1nn(C)c(NC2CCOC2C)c1N. The van der Waals surface area contributed by atoms with E-state index in [0.717, 1.165) is 36.6 Å². The molecule has 5 heteroatoms. The molecule has 90 valence electrons. The number of nitrogens with one attached hydrogen (secondary N) is 1. The van der Waals surface area contributed by atoms with Gasteiger partial charge in [-0.1, -0.05) is 6.92 Å². The molecule has 16 heavy (non-hydrogen) atoms. The molecule has 0 aromatic carbocycles. The molecule has 1 aliphatic rings. The number of hydrogen-bond acceptors (Lipinski definition) is 4. The number of ether oxygens (including phenoxy) is 1. The molecule has 0 aliphatic carbocycles. The lowest BCUT2D eigenvalue weighted by atomic mass is 10.1. The molecule has 1 fully saturated rings. The summed E-state index contributed by atoms with van der Waals surface area (Å²) in [5.74, 6) is 0.916. The van der Waals surface area contributed by atoms with E-state index in [1.165, 1.54) is 0 Å². The minimum absolute atomic E-state index is 0.236. The standard InChI is InChI=1S/C11H20N4O/c1-4-8-10(12)11(15(3)14-8)13-9-5-6-16-7(9)2/h7,9,13H,4-6,12H2,1-3H3. The Hall–Kier alpha value is -1.23. The molecule has 3 N–H and O–H groups in total. The van der Waals surface area contributed by atoms with Gasteiger partial charge in [-0.25, -0.2) is 0 Å². The molecule has 0 spiro atoms. The molecule has 2 unspecified atom stereocenters. The molecule has 0 amide bonds.